The standard InChI is InChI=1S/C13H19NO4S/c1-11-6-8-12(9-7-11)19(17,18)14-10-4-2-3-5-13(15)16/h6-9,14H,2-5,10H2,1H3,(H,15,16)/p-1. The molecule has 1 aromatic rings. The molecule has 0 atom stereocenters. The highest BCUT2D eigenvalue weighted by molar-refractivity contribution is 7.89. The van der Waals surface area contributed by atoms with E-state index in [0.717, 1.165) is 5.56 Å². The van der Waals surface area contributed by atoms with Gasteiger partial charge >= 0.3 is 0 Å². The maximum absolute atomic E-state index is 11.9. The van der Waals surface area contributed by atoms with Crippen LogP contribution in [0.25, 0.3) is 0 Å². The number of aliphatic carboxylic acids is 1. The first kappa shape index (κ1) is 15.7. The minimum absolute atomic E-state index is 0.0186. The summed E-state index contributed by atoms with van der Waals surface area (Å²) in [5, 5.41) is 10.2. The molecule has 1 N–H and O–H groups in total. The second kappa shape index (κ2) is 7.25. The van der Waals surface area contributed by atoms with Gasteiger partial charge in [0.2, 0.25) is 10.0 Å². The van der Waals surface area contributed by atoms with Crippen LogP contribution in [-0.4, -0.2) is 20.9 Å². The molecule has 1 aromatic carbocycles. The molecule has 1 rings (SSSR count). The molecule has 0 unspecified atom stereocenters. The number of hydrogen-bond donors (Lipinski definition) is 1. The van der Waals surface area contributed by atoms with Gasteiger partial charge in [-0.25, -0.2) is 13.1 Å². The SMILES string of the molecule is Cc1ccc(S(=O)(=O)NCCCCCC(=O)[O-])cc1. The lowest BCUT2D eigenvalue weighted by molar-refractivity contribution is -0.305. The average Bonchev–Trinajstić information content (AvgIpc) is 2.34. The van der Waals surface area contributed by atoms with Crippen molar-refractivity contribution in [2.75, 3.05) is 6.54 Å². The van der Waals surface area contributed by atoms with Crippen LogP contribution >= 0.6 is 0 Å². The van der Waals surface area contributed by atoms with Crippen molar-refractivity contribution in [3.05, 3.63) is 29.8 Å². The molecule has 106 valence electrons. The smallest absolute Gasteiger partial charge is 0.240 e. The first-order valence-electron chi connectivity index (χ1n) is 6.18. The Morgan fingerprint density at radius 1 is 1.16 bits per heavy atom. The molecule has 0 amide bonds. The number of carboxylic acid groups (broad SMARTS) is 1. The molecule has 0 aliphatic rings. The Morgan fingerprint density at radius 3 is 2.37 bits per heavy atom. The van der Waals surface area contributed by atoms with Gasteiger partial charge in [0.05, 0.1) is 4.90 Å². The zero-order valence-electron chi connectivity index (χ0n) is 10.9. The number of hydrogen-bond acceptors (Lipinski definition) is 4. The number of nitrogens with one attached hydrogen (secondary N) is 1. The van der Waals surface area contributed by atoms with E-state index in [0.29, 0.717) is 25.8 Å². The number of aryl methyl sites for hydroxylation is 1. The summed E-state index contributed by atoms with van der Waals surface area (Å²) in [5.74, 6) is -1.07. The zero-order chi connectivity index (χ0) is 14.3. The molecule has 0 aromatic heterocycles. The summed E-state index contributed by atoms with van der Waals surface area (Å²) in [7, 11) is -3.46. The Morgan fingerprint density at radius 2 is 1.79 bits per heavy atom. The van der Waals surface area contributed by atoms with Crippen molar-refractivity contribution in [2.45, 2.75) is 37.5 Å². The summed E-state index contributed by atoms with van der Waals surface area (Å²) in [5.41, 5.74) is 1.00. The van der Waals surface area contributed by atoms with Crippen LogP contribution in [0.4, 0.5) is 0 Å². The van der Waals surface area contributed by atoms with E-state index in [2.05, 4.69) is 4.72 Å². The highest BCUT2D eigenvalue weighted by Crippen LogP contribution is 2.10. The maximum Gasteiger partial charge on any atom is 0.240 e. The number of unbranched alkanes of at least 4 members (excludes halogenated alkanes) is 2. The van der Waals surface area contributed by atoms with E-state index in [1.807, 2.05) is 6.92 Å². The first-order valence-corrected chi connectivity index (χ1v) is 7.66. The number of carbonyl (C=O) groups excluding carboxylic acids is 1. The Kier molecular flexibility index (Phi) is 5.98. The van der Waals surface area contributed by atoms with Crippen molar-refractivity contribution in [1.82, 2.24) is 4.72 Å². The number of sulfonamides is 1. The number of rotatable bonds is 8. The van der Waals surface area contributed by atoms with Crippen molar-refractivity contribution >= 4 is 16.0 Å². The fraction of sp³-hybridized carbons (Fsp3) is 0.462. The van der Waals surface area contributed by atoms with Gasteiger partial charge < -0.3 is 9.90 Å². The molecule has 0 aliphatic carbocycles. The molecule has 0 radical (unpaired) electrons. The molecule has 0 heterocycles. The average molecular weight is 284 g/mol. The van der Waals surface area contributed by atoms with E-state index in [-0.39, 0.29) is 11.3 Å². The van der Waals surface area contributed by atoms with Gasteiger partial charge in [0.15, 0.2) is 0 Å². The fourth-order valence-electron chi connectivity index (χ4n) is 1.58. The minimum atomic E-state index is -3.46. The normalized spacial score (nSPS) is 11.4. The predicted octanol–water partition coefficient (Wildman–Crippen LogP) is 0.584. The fourth-order valence-corrected chi connectivity index (χ4v) is 2.65. The Labute approximate surface area is 113 Å². The summed E-state index contributed by atoms with van der Waals surface area (Å²) >= 11 is 0. The molecule has 19 heavy (non-hydrogen) atoms. The highest BCUT2D eigenvalue weighted by Gasteiger charge is 2.12. The van der Waals surface area contributed by atoms with E-state index in [1.165, 1.54) is 0 Å². The Hall–Kier alpha value is -1.40. The lowest BCUT2D eigenvalue weighted by Gasteiger charge is -2.07. The van der Waals surface area contributed by atoms with Gasteiger partial charge in [-0.15, -0.1) is 0 Å². The van der Waals surface area contributed by atoms with Crippen LogP contribution in [0.3, 0.4) is 0 Å². The summed E-state index contributed by atoms with van der Waals surface area (Å²) < 4.78 is 26.2. The molecule has 0 bridgehead atoms. The molecule has 5 nitrogen and oxygen atoms in total. The van der Waals surface area contributed by atoms with Gasteiger partial charge in [-0.3, -0.25) is 0 Å². The summed E-state index contributed by atoms with van der Waals surface area (Å²) in [4.78, 5) is 10.4. The van der Waals surface area contributed by atoms with Gasteiger partial charge in [-0.05, 0) is 38.3 Å². The zero-order valence-corrected chi connectivity index (χ0v) is 11.7. The lowest BCUT2D eigenvalue weighted by atomic mass is 10.2. The van der Waals surface area contributed by atoms with Gasteiger partial charge in [0.25, 0.3) is 0 Å². The topological polar surface area (TPSA) is 86.3 Å². The van der Waals surface area contributed by atoms with E-state index >= 15 is 0 Å². The van der Waals surface area contributed by atoms with E-state index in [1.54, 1.807) is 24.3 Å². The number of carbonyl (C=O) groups is 1. The molecule has 0 fully saturated rings. The second-order valence-corrected chi connectivity index (χ2v) is 6.16. The van der Waals surface area contributed by atoms with Crippen LogP contribution in [0, 0.1) is 6.92 Å². The number of carboxylic acids is 1. The molecule has 0 saturated heterocycles. The number of benzene rings is 1. The third-order valence-electron chi connectivity index (χ3n) is 2.68. The van der Waals surface area contributed by atoms with Crippen molar-refractivity contribution in [3.8, 4) is 0 Å². The van der Waals surface area contributed by atoms with E-state index in [9.17, 15) is 18.3 Å². The van der Waals surface area contributed by atoms with E-state index in [4.69, 9.17) is 0 Å². The maximum atomic E-state index is 11.9. The van der Waals surface area contributed by atoms with Crippen molar-refractivity contribution in [1.29, 1.82) is 0 Å². The van der Waals surface area contributed by atoms with Crippen LogP contribution in [0.1, 0.15) is 31.2 Å². The Balaban J connectivity index is 2.35. The summed E-state index contributed by atoms with van der Waals surface area (Å²) in [6.07, 6.45) is 1.79. The molecule has 0 spiro atoms. The molecule has 6 heteroatoms. The largest absolute Gasteiger partial charge is 0.550 e. The third-order valence-corrected chi connectivity index (χ3v) is 4.16. The van der Waals surface area contributed by atoms with Gasteiger partial charge in [-0.2, -0.15) is 0 Å². The molecular formula is C13H18NO4S-. The van der Waals surface area contributed by atoms with Gasteiger partial charge in [-0.1, -0.05) is 24.1 Å². The summed E-state index contributed by atoms with van der Waals surface area (Å²) in [6, 6.07) is 6.62. The monoisotopic (exact) mass is 284 g/mol. The summed E-state index contributed by atoms with van der Waals surface area (Å²) in [6.45, 7) is 2.20. The van der Waals surface area contributed by atoms with E-state index < -0.39 is 16.0 Å². The Bertz CT molecular complexity index is 508. The first-order chi connectivity index (χ1) is 8.92. The van der Waals surface area contributed by atoms with Crippen LogP contribution in [0.5, 0.6) is 0 Å². The van der Waals surface area contributed by atoms with Gasteiger partial charge in [0, 0.05) is 12.5 Å². The second-order valence-electron chi connectivity index (χ2n) is 4.39. The molecular weight excluding hydrogens is 266 g/mol. The van der Waals surface area contributed by atoms with Gasteiger partial charge in [0.1, 0.15) is 0 Å². The van der Waals surface area contributed by atoms with Crippen molar-refractivity contribution in [2.24, 2.45) is 0 Å². The van der Waals surface area contributed by atoms with Crippen LogP contribution < -0.4 is 9.83 Å². The highest BCUT2D eigenvalue weighted by atomic mass is 32.2. The molecule has 0 saturated carbocycles. The predicted molar refractivity (Wildman–Crippen MR) is 69.8 cm³/mol. The minimum Gasteiger partial charge on any atom is -0.550 e. The van der Waals surface area contributed by atoms with Crippen LogP contribution in [0.2, 0.25) is 0 Å². The third kappa shape index (κ3) is 5.85. The van der Waals surface area contributed by atoms with Crippen molar-refractivity contribution < 1.29 is 18.3 Å². The van der Waals surface area contributed by atoms with Crippen LogP contribution in [0.15, 0.2) is 29.2 Å². The van der Waals surface area contributed by atoms with Crippen LogP contribution in [-0.2, 0) is 14.8 Å². The quantitative estimate of drug-likeness (QED) is 0.708. The lowest BCUT2D eigenvalue weighted by Crippen LogP contribution is -2.25. The van der Waals surface area contributed by atoms with Crippen molar-refractivity contribution in [3.63, 3.8) is 0 Å². The molecule has 0 aliphatic heterocycles.